The maximum Gasteiger partial charge on any atom is 0.227 e. The first-order valence-corrected chi connectivity index (χ1v) is 8.54. The Hall–Kier alpha value is -2.28. The van der Waals surface area contributed by atoms with Gasteiger partial charge in [-0.25, -0.2) is 0 Å². The molecule has 0 radical (unpaired) electrons. The normalized spacial score (nSPS) is 23.0. The van der Waals surface area contributed by atoms with E-state index in [4.69, 9.17) is 14.2 Å². The van der Waals surface area contributed by atoms with Crippen LogP contribution in [-0.4, -0.2) is 51.8 Å². The van der Waals surface area contributed by atoms with E-state index >= 15 is 0 Å². The van der Waals surface area contributed by atoms with Crippen LogP contribution in [0.2, 0.25) is 0 Å². The minimum Gasteiger partial charge on any atom is -0.497 e. The number of hydrogen-bond acceptors (Lipinski definition) is 5. The molecule has 0 unspecified atom stereocenters. The van der Waals surface area contributed by atoms with Crippen molar-refractivity contribution in [1.29, 1.82) is 0 Å². The van der Waals surface area contributed by atoms with Gasteiger partial charge >= 0.3 is 0 Å². The maximum atomic E-state index is 12.4. The van der Waals surface area contributed by atoms with E-state index in [1.807, 2.05) is 0 Å². The van der Waals surface area contributed by atoms with Crippen LogP contribution in [0.15, 0.2) is 18.2 Å². The molecule has 0 aromatic heterocycles. The minimum absolute atomic E-state index is 0.0827. The third kappa shape index (κ3) is 3.87. The summed E-state index contributed by atoms with van der Waals surface area (Å²) >= 11 is 0. The van der Waals surface area contributed by atoms with Gasteiger partial charge in [0.15, 0.2) is 0 Å². The first-order chi connectivity index (χ1) is 12.1. The molecule has 1 N–H and O–H groups in total. The van der Waals surface area contributed by atoms with E-state index in [2.05, 4.69) is 5.32 Å². The quantitative estimate of drug-likeness (QED) is 0.840. The summed E-state index contributed by atoms with van der Waals surface area (Å²) in [5.41, 5.74) is 0.655. The van der Waals surface area contributed by atoms with E-state index in [1.54, 1.807) is 37.3 Å². The lowest BCUT2D eigenvalue weighted by atomic mass is 10.1. The summed E-state index contributed by atoms with van der Waals surface area (Å²) in [5.74, 6) is 0.659. The standard InChI is InChI=1S/C18H24N2O5/c1-23-13-5-6-15(16(9-13)24-2)20-11-12(8-17(20)21)18(22)19-10-14-4-3-7-25-14/h5-6,9,12,14H,3-4,7-8,10-11H2,1-2H3,(H,19,22)/t12-,14-/m0/s1. The Balaban J connectivity index is 1.64. The number of hydrogen-bond donors (Lipinski definition) is 1. The van der Waals surface area contributed by atoms with E-state index in [1.165, 1.54) is 0 Å². The molecule has 0 aliphatic carbocycles. The fraction of sp³-hybridized carbons (Fsp3) is 0.556. The molecule has 1 aromatic carbocycles. The van der Waals surface area contributed by atoms with Gasteiger partial charge in [0, 0.05) is 32.2 Å². The Kier molecular flexibility index (Phi) is 5.43. The summed E-state index contributed by atoms with van der Waals surface area (Å²) in [4.78, 5) is 26.4. The second-order valence-electron chi connectivity index (χ2n) is 6.32. The van der Waals surface area contributed by atoms with Crippen LogP contribution < -0.4 is 19.7 Å². The average molecular weight is 348 g/mol. The molecule has 2 aliphatic heterocycles. The molecule has 2 aliphatic rings. The zero-order chi connectivity index (χ0) is 17.8. The first-order valence-electron chi connectivity index (χ1n) is 8.54. The van der Waals surface area contributed by atoms with Gasteiger partial charge in [0.25, 0.3) is 0 Å². The van der Waals surface area contributed by atoms with Crippen molar-refractivity contribution in [1.82, 2.24) is 5.32 Å². The summed E-state index contributed by atoms with van der Waals surface area (Å²) < 4.78 is 16.1. The van der Waals surface area contributed by atoms with E-state index < -0.39 is 0 Å². The molecule has 2 saturated heterocycles. The Morgan fingerprint density at radius 1 is 1.36 bits per heavy atom. The van der Waals surface area contributed by atoms with Crippen molar-refractivity contribution in [3.8, 4) is 11.5 Å². The summed E-state index contributed by atoms with van der Waals surface area (Å²) in [6.07, 6.45) is 2.30. The number of benzene rings is 1. The fourth-order valence-corrected chi connectivity index (χ4v) is 3.29. The van der Waals surface area contributed by atoms with Crippen molar-refractivity contribution in [2.24, 2.45) is 5.92 Å². The third-order valence-corrected chi connectivity index (χ3v) is 4.70. The predicted octanol–water partition coefficient (Wildman–Crippen LogP) is 1.35. The molecular weight excluding hydrogens is 324 g/mol. The van der Waals surface area contributed by atoms with Crippen molar-refractivity contribution in [3.63, 3.8) is 0 Å². The summed E-state index contributed by atoms with van der Waals surface area (Å²) in [6, 6.07) is 5.28. The second-order valence-corrected chi connectivity index (χ2v) is 6.32. The van der Waals surface area contributed by atoms with Crippen LogP contribution in [0.4, 0.5) is 5.69 Å². The van der Waals surface area contributed by atoms with Crippen LogP contribution in [0.3, 0.4) is 0 Å². The molecule has 7 heteroatoms. The van der Waals surface area contributed by atoms with Gasteiger partial charge in [0.1, 0.15) is 11.5 Å². The molecule has 3 rings (SSSR count). The van der Waals surface area contributed by atoms with Gasteiger partial charge in [-0.1, -0.05) is 0 Å². The highest BCUT2D eigenvalue weighted by Crippen LogP contribution is 2.35. The zero-order valence-electron chi connectivity index (χ0n) is 14.6. The van der Waals surface area contributed by atoms with Crippen molar-refractivity contribution in [3.05, 3.63) is 18.2 Å². The monoisotopic (exact) mass is 348 g/mol. The lowest BCUT2D eigenvalue weighted by Gasteiger charge is -2.20. The van der Waals surface area contributed by atoms with Gasteiger partial charge < -0.3 is 24.4 Å². The van der Waals surface area contributed by atoms with Crippen LogP contribution >= 0.6 is 0 Å². The SMILES string of the molecule is COc1ccc(N2C[C@@H](C(=O)NC[C@@H]3CCCO3)CC2=O)c(OC)c1. The number of ether oxygens (including phenoxy) is 3. The molecule has 0 saturated carbocycles. The Bertz CT molecular complexity index is 642. The molecule has 2 heterocycles. The van der Waals surface area contributed by atoms with Crippen molar-refractivity contribution < 1.29 is 23.8 Å². The maximum absolute atomic E-state index is 12.4. The predicted molar refractivity (Wildman–Crippen MR) is 92.0 cm³/mol. The highest BCUT2D eigenvalue weighted by atomic mass is 16.5. The number of nitrogens with one attached hydrogen (secondary N) is 1. The largest absolute Gasteiger partial charge is 0.497 e. The lowest BCUT2D eigenvalue weighted by molar-refractivity contribution is -0.126. The fourth-order valence-electron chi connectivity index (χ4n) is 3.29. The number of rotatable bonds is 6. The lowest BCUT2D eigenvalue weighted by Crippen LogP contribution is -2.37. The molecule has 1 aromatic rings. The molecule has 25 heavy (non-hydrogen) atoms. The van der Waals surface area contributed by atoms with Crippen LogP contribution in [-0.2, 0) is 14.3 Å². The molecule has 0 spiro atoms. The van der Waals surface area contributed by atoms with Crippen molar-refractivity contribution in [2.75, 3.05) is 38.8 Å². The average Bonchev–Trinajstić information content (AvgIpc) is 3.28. The number of amides is 2. The van der Waals surface area contributed by atoms with E-state index in [0.717, 1.165) is 19.4 Å². The van der Waals surface area contributed by atoms with E-state index in [9.17, 15) is 9.59 Å². The summed E-state index contributed by atoms with van der Waals surface area (Å²) in [5, 5.41) is 2.91. The van der Waals surface area contributed by atoms with Crippen LogP contribution in [0.5, 0.6) is 11.5 Å². The summed E-state index contributed by atoms with van der Waals surface area (Å²) in [6.45, 7) is 1.61. The van der Waals surface area contributed by atoms with E-state index in [-0.39, 0.29) is 30.3 Å². The zero-order valence-corrected chi connectivity index (χ0v) is 14.6. The van der Waals surface area contributed by atoms with Gasteiger partial charge in [-0.2, -0.15) is 0 Å². The van der Waals surface area contributed by atoms with Crippen molar-refractivity contribution in [2.45, 2.75) is 25.4 Å². The first kappa shape index (κ1) is 17.5. The third-order valence-electron chi connectivity index (χ3n) is 4.70. The molecule has 0 bridgehead atoms. The second kappa shape index (κ2) is 7.74. The highest BCUT2D eigenvalue weighted by molar-refractivity contribution is 6.01. The minimum atomic E-state index is -0.360. The molecular formula is C18H24N2O5. The number of methoxy groups -OCH3 is 2. The van der Waals surface area contributed by atoms with Crippen LogP contribution in [0.25, 0.3) is 0 Å². The van der Waals surface area contributed by atoms with Gasteiger partial charge in [0.05, 0.1) is 31.9 Å². The topological polar surface area (TPSA) is 77.1 Å². The number of nitrogens with zero attached hydrogens (tertiary/aromatic N) is 1. The Morgan fingerprint density at radius 2 is 2.20 bits per heavy atom. The molecule has 2 fully saturated rings. The summed E-state index contributed by atoms with van der Waals surface area (Å²) in [7, 11) is 3.12. The molecule has 136 valence electrons. The van der Waals surface area contributed by atoms with Crippen molar-refractivity contribution >= 4 is 17.5 Å². The molecule has 2 amide bonds. The van der Waals surface area contributed by atoms with Crippen LogP contribution in [0, 0.1) is 5.92 Å². The Labute approximate surface area is 147 Å². The molecule has 7 nitrogen and oxygen atoms in total. The molecule has 2 atom stereocenters. The number of carbonyl (C=O) groups excluding carboxylic acids is 2. The number of anilines is 1. The smallest absolute Gasteiger partial charge is 0.227 e. The highest BCUT2D eigenvalue weighted by Gasteiger charge is 2.36. The van der Waals surface area contributed by atoms with E-state index in [0.29, 0.717) is 30.3 Å². The van der Waals surface area contributed by atoms with Crippen LogP contribution in [0.1, 0.15) is 19.3 Å². The number of carbonyl (C=O) groups is 2. The Morgan fingerprint density at radius 3 is 2.88 bits per heavy atom. The van der Waals surface area contributed by atoms with Gasteiger partial charge in [-0.05, 0) is 25.0 Å². The van der Waals surface area contributed by atoms with Gasteiger partial charge in [-0.15, -0.1) is 0 Å². The van der Waals surface area contributed by atoms with Gasteiger partial charge in [-0.3, -0.25) is 9.59 Å². The van der Waals surface area contributed by atoms with Gasteiger partial charge in [0.2, 0.25) is 11.8 Å².